The zero-order valence-corrected chi connectivity index (χ0v) is 13.2. The average molecular weight is 342 g/mol. The molecule has 0 spiro atoms. The van der Waals surface area contributed by atoms with Crippen molar-refractivity contribution >= 4 is 15.9 Å². The Kier molecular flexibility index (Phi) is 4.45. The summed E-state index contributed by atoms with van der Waals surface area (Å²) >= 11 is 3.43. The number of methoxy groups -OCH3 is 1. The first-order chi connectivity index (χ1) is 9.47. The van der Waals surface area contributed by atoms with E-state index in [2.05, 4.69) is 21.0 Å². The van der Waals surface area contributed by atoms with Crippen molar-refractivity contribution in [3.05, 3.63) is 45.9 Å². The van der Waals surface area contributed by atoms with Crippen LogP contribution in [0.3, 0.4) is 0 Å². The van der Waals surface area contributed by atoms with Crippen LogP contribution in [0, 0.1) is 5.82 Å². The van der Waals surface area contributed by atoms with Crippen molar-refractivity contribution in [3.63, 3.8) is 0 Å². The van der Waals surface area contributed by atoms with Crippen LogP contribution < -0.4 is 10.5 Å². The molecule has 0 bridgehead atoms. The van der Waals surface area contributed by atoms with Crippen LogP contribution in [0.1, 0.15) is 37.2 Å². The van der Waals surface area contributed by atoms with E-state index in [0.717, 1.165) is 10.2 Å². The lowest BCUT2D eigenvalue weighted by Crippen LogP contribution is -2.21. The highest BCUT2D eigenvalue weighted by atomic mass is 79.9. The van der Waals surface area contributed by atoms with E-state index >= 15 is 0 Å². The molecule has 0 aliphatic rings. The van der Waals surface area contributed by atoms with Crippen molar-refractivity contribution in [2.45, 2.75) is 25.9 Å². The number of aromatic nitrogens is 2. The van der Waals surface area contributed by atoms with Crippen molar-refractivity contribution in [1.82, 2.24) is 9.78 Å². The van der Waals surface area contributed by atoms with Gasteiger partial charge < -0.3 is 10.5 Å². The van der Waals surface area contributed by atoms with Gasteiger partial charge in [-0.25, -0.2) is 4.39 Å². The summed E-state index contributed by atoms with van der Waals surface area (Å²) in [5.41, 5.74) is 7.32. The van der Waals surface area contributed by atoms with E-state index in [0.29, 0.717) is 11.3 Å². The molecule has 0 saturated carbocycles. The quantitative estimate of drug-likeness (QED) is 0.926. The fourth-order valence-electron chi connectivity index (χ4n) is 2.19. The van der Waals surface area contributed by atoms with Gasteiger partial charge in [0.25, 0.3) is 0 Å². The normalized spacial score (nSPS) is 12.8. The lowest BCUT2D eigenvalue weighted by atomic mass is 10.0. The fourth-order valence-corrected chi connectivity index (χ4v) is 2.71. The summed E-state index contributed by atoms with van der Waals surface area (Å²) < 4.78 is 21.9. The molecule has 1 heterocycles. The second kappa shape index (κ2) is 5.93. The predicted molar refractivity (Wildman–Crippen MR) is 79.3 cm³/mol. The van der Waals surface area contributed by atoms with Gasteiger partial charge in [-0.05, 0) is 41.9 Å². The molecule has 0 saturated heterocycles. The first-order valence-corrected chi connectivity index (χ1v) is 7.07. The first-order valence-electron chi connectivity index (χ1n) is 6.28. The number of nitrogens with zero attached hydrogens (tertiary/aromatic N) is 2. The number of hydrogen-bond acceptors (Lipinski definition) is 3. The van der Waals surface area contributed by atoms with Crippen LogP contribution >= 0.6 is 15.9 Å². The maximum Gasteiger partial charge on any atom is 0.132 e. The third-order valence-electron chi connectivity index (χ3n) is 3.11. The maximum absolute atomic E-state index is 14.1. The lowest BCUT2D eigenvalue weighted by Gasteiger charge is -2.20. The third kappa shape index (κ3) is 2.58. The third-order valence-corrected chi connectivity index (χ3v) is 3.73. The van der Waals surface area contributed by atoms with Gasteiger partial charge in [0.1, 0.15) is 11.6 Å². The van der Waals surface area contributed by atoms with Crippen molar-refractivity contribution in [2.75, 3.05) is 7.11 Å². The molecule has 108 valence electrons. The zero-order chi connectivity index (χ0) is 14.9. The van der Waals surface area contributed by atoms with Gasteiger partial charge in [0, 0.05) is 6.04 Å². The Bertz CT molecular complexity index is 612. The molecule has 0 aliphatic heterocycles. The van der Waals surface area contributed by atoms with E-state index < -0.39 is 6.04 Å². The van der Waals surface area contributed by atoms with Crippen LogP contribution in [-0.4, -0.2) is 16.9 Å². The smallest absolute Gasteiger partial charge is 0.132 e. The van der Waals surface area contributed by atoms with Gasteiger partial charge in [0.05, 0.1) is 35.1 Å². The number of rotatable bonds is 4. The van der Waals surface area contributed by atoms with Gasteiger partial charge in [0.15, 0.2) is 0 Å². The molecule has 1 atom stereocenters. The topological polar surface area (TPSA) is 53.1 Å². The summed E-state index contributed by atoms with van der Waals surface area (Å²) in [6, 6.07) is 4.13. The van der Waals surface area contributed by atoms with E-state index in [-0.39, 0.29) is 11.9 Å². The lowest BCUT2D eigenvalue weighted by molar-refractivity contribution is 0.399. The van der Waals surface area contributed by atoms with E-state index in [1.54, 1.807) is 23.0 Å². The summed E-state index contributed by atoms with van der Waals surface area (Å²) in [6.45, 7) is 3.99. The SMILES string of the molecule is COc1cccc(F)c1C(N)c1c(Br)cnn1C(C)C. The zero-order valence-electron chi connectivity index (χ0n) is 11.6. The van der Waals surface area contributed by atoms with E-state index in [1.807, 2.05) is 13.8 Å². The van der Waals surface area contributed by atoms with Crippen molar-refractivity contribution < 1.29 is 9.13 Å². The summed E-state index contributed by atoms with van der Waals surface area (Å²) in [7, 11) is 1.50. The van der Waals surface area contributed by atoms with Crippen molar-refractivity contribution in [1.29, 1.82) is 0 Å². The number of benzene rings is 1. The highest BCUT2D eigenvalue weighted by Crippen LogP contribution is 2.34. The summed E-state index contributed by atoms with van der Waals surface area (Å²) in [6.07, 6.45) is 1.67. The monoisotopic (exact) mass is 341 g/mol. The number of halogens is 2. The van der Waals surface area contributed by atoms with Crippen LogP contribution in [-0.2, 0) is 0 Å². The minimum absolute atomic E-state index is 0.125. The van der Waals surface area contributed by atoms with Crippen LogP contribution in [0.25, 0.3) is 0 Å². The maximum atomic E-state index is 14.1. The Balaban J connectivity index is 2.57. The van der Waals surface area contributed by atoms with Gasteiger partial charge in [-0.15, -0.1) is 0 Å². The summed E-state index contributed by atoms with van der Waals surface area (Å²) in [5, 5.41) is 4.27. The molecule has 0 fully saturated rings. The molecule has 1 aromatic carbocycles. The van der Waals surface area contributed by atoms with Gasteiger partial charge >= 0.3 is 0 Å². The van der Waals surface area contributed by atoms with Gasteiger partial charge in [-0.3, -0.25) is 4.68 Å². The van der Waals surface area contributed by atoms with Crippen LogP contribution in [0.2, 0.25) is 0 Å². The van der Waals surface area contributed by atoms with E-state index in [9.17, 15) is 4.39 Å². The second-order valence-corrected chi connectivity index (χ2v) is 5.60. The molecule has 2 aromatic rings. The number of hydrogen-bond donors (Lipinski definition) is 1. The standard InChI is InChI=1S/C14H17BrFN3O/c1-8(2)19-14(9(15)7-18-19)13(17)12-10(16)5-4-6-11(12)20-3/h4-8,13H,17H2,1-3H3. The fraction of sp³-hybridized carbons (Fsp3) is 0.357. The van der Waals surface area contributed by atoms with E-state index in [4.69, 9.17) is 10.5 Å². The molecule has 1 unspecified atom stereocenters. The van der Waals surface area contributed by atoms with Crippen molar-refractivity contribution in [2.24, 2.45) is 5.73 Å². The Hall–Kier alpha value is -1.40. The largest absolute Gasteiger partial charge is 0.496 e. The van der Waals surface area contributed by atoms with Crippen molar-refractivity contribution in [3.8, 4) is 5.75 Å². The Labute approximate surface area is 125 Å². The summed E-state index contributed by atoms with van der Waals surface area (Å²) in [4.78, 5) is 0. The molecule has 4 nitrogen and oxygen atoms in total. The molecular weight excluding hydrogens is 325 g/mol. The first kappa shape index (κ1) is 15.0. The molecular formula is C14H17BrFN3O. The molecule has 1 aromatic heterocycles. The van der Waals surface area contributed by atoms with Crippen LogP contribution in [0.15, 0.2) is 28.9 Å². The van der Waals surface area contributed by atoms with Crippen LogP contribution in [0.4, 0.5) is 4.39 Å². The van der Waals surface area contributed by atoms with Crippen LogP contribution in [0.5, 0.6) is 5.75 Å². The Morgan fingerprint density at radius 1 is 1.40 bits per heavy atom. The highest BCUT2D eigenvalue weighted by Gasteiger charge is 2.25. The number of nitrogens with two attached hydrogens (primary N) is 1. The molecule has 2 rings (SSSR count). The number of ether oxygens (including phenoxy) is 1. The molecule has 0 aliphatic carbocycles. The van der Waals surface area contributed by atoms with E-state index in [1.165, 1.54) is 13.2 Å². The summed E-state index contributed by atoms with van der Waals surface area (Å²) in [5.74, 6) is 0.0427. The molecule has 0 radical (unpaired) electrons. The van der Waals surface area contributed by atoms with Gasteiger partial charge in [-0.2, -0.15) is 5.10 Å². The average Bonchev–Trinajstić information content (AvgIpc) is 2.79. The van der Waals surface area contributed by atoms with Gasteiger partial charge in [0.2, 0.25) is 0 Å². The minimum atomic E-state index is -0.662. The predicted octanol–water partition coefficient (Wildman–Crippen LogP) is 3.42. The Morgan fingerprint density at radius 2 is 2.10 bits per heavy atom. The van der Waals surface area contributed by atoms with Gasteiger partial charge in [-0.1, -0.05) is 6.07 Å². The Morgan fingerprint density at radius 3 is 2.70 bits per heavy atom. The molecule has 0 amide bonds. The second-order valence-electron chi connectivity index (χ2n) is 4.75. The molecule has 2 N–H and O–H groups in total. The molecule has 20 heavy (non-hydrogen) atoms. The molecule has 6 heteroatoms. The highest BCUT2D eigenvalue weighted by molar-refractivity contribution is 9.10. The minimum Gasteiger partial charge on any atom is -0.496 e.